The van der Waals surface area contributed by atoms with E-state index in [4.69, 9.17) is 9.47 Å². The highest BCUT2D eigenvalue weighted by atomic mass is 19.1. The number of fused-ring (bicyclic) bond motifs is 3. The van der Waals surface area contributed by atoms with Crippen LogP contribution in [-0.2, 0) is 14.3 Å². The number of nitrogens with zero attached hydrogens (tertiary/aromatic N) is 1. The van der Waals surface area contributed by atoms with Gasteiger partial charge in [-0.3, -0.25) is 14.5 Å². The van der Waals surface area contributed by atoms with Crippen molar-refractivity contribution in [3.63, 3.8) is 0 Å². The van der Waals surface area contributed by atoms with Crippen molar-refractivity contribution >= 4 is 23.5 Å². The van der Waals surface area contributed by atoms with Gasteiger partial charge in [0.1, 0.15) is 12.4 Å². The smallest absolute Gasteiger partial charge is 0.233 e. The third kappa shape index (κ3) is 5.30. The fourth-order valence-corrected chi connectivity index (χ4v) is 6.50. The first-order chi connectivity index (χ1) is 19.9. The maximum absolute atomic E-state index is 14.1. The average molecular weight is 554 g/mol. The number of allylic oxidation sites excluding steroid dienone is 1. The van der Waals surface area contributed by atoms with Crippen LogP contribution in [0.1, 0.15) is 30.4 Å². The Hall–Kier alpha value is -4.23. The molecule has 3 aliphatic rings. The van der Waals surface area contributed by atoms with Crippen molar-refractivity contribution in [3.05, 3.63) is 107 Å². The minimum atomic E-state index is -0.668. The first kappa shape index (κ1) is 27.0. The van der Waals surface area contributed by atoms with E-state index in [0.717, 1.165) is 28.0 Å². The van der Waals surface area contributed by atoms with E-state index in [-0.39, 0.29) is 35.5 Å². The first-order valence-electron chi connectivity index (χ1n) is 14.0. The fourth-order valence-electron chi connectivity index (χ4n) is 6.50. The molecular weight excluding hydrogens is 521 g/mol. The van der Waals surface area contributed by atoms with Gasteiger partial charge in [0.15, 0.2) is 11.6 Å². The SMILES string of the molecule is CN1C(=O)[C@@H]2[C@@H](CC(COc3ccccc3)=C3[C@@H](CC/C(=C/c4ccc(O)c(F)c4)c4ccccc4)OC[C@@H]32)C1=O. The second kappa shape index (κ2) is 11.3. The molecule has 1 N–H and O–H groups in total. The zero-order valence-electron chi connectivity index (χ0n) is 22.8. The number of amides is 2. The van der Waals surface area contributed by atoms with Gasteiger partial charge < -0.3 is 14.6 Å². The predicted molar refractivity (Wildman–Crippen MR) is 153 cm³/mol. The topological polar surface area (TPSA) is 76.1 Å². The molecule has 2 saturated heterocycles. The van der Waals surface area contributed by atoms with Gasteiger partial charge >= 0.3 is 0 Å². The highest BCUT2D eigenvalue weighted by molar-refractivity contribution is 6.05. The van der Waals surface area contributed by atoms with Crippen LogP contribution in [0.2, 0.25) is 0 Å². The first-order valence-corrected chi connectivity index (χ1v) is 14.0. The van der Waals surface area contributed by atoms with Gasteiger partial charge in [-0.1, -0.05) is 60.7 Å². The van der Waals surface area contributed by atoms with E-state index in [1.54, 1.807) is 13.1 Å². The molecule has 0 unspecified atom stereocenters. The van der Waals surface area contributed by atoms with Gasteiger partial charge in [-0.15, -0.1) is 0 Å². The Labute approximate surface area is 238 Å². The highest BCUT2D eigenvalue weighted by Gasteiger charge is 2.56. The minimum absolute atomic E-state index is 0.130. The number of phenolic OH excluding ortho intramolecular Hbond substituents is 1. The molecule has 0 spiro atoms. The summed E-state index contributed by atoms with van der Waals surface area (Å²) in [5.74, 6) is -1.52. The van der Waals surface area contributed by atoms with Crippen LogP contribution in [0, 0.1) is 23.6 Å². The largest absolute Gasteiger partial charge is 0.505 e. The second-order valence-electron chi connectivity index (χ2n) is 10.9. The summed E-state index contributed by atoms with van der Waals surface area (Å²) in [6, 6.07) is 23.8. The third-order valence-electron chi connectivity index (χ3n) is 8.52. The minimum Gasteiger partial charge on any atom is -0.505 e. The maximum atomic E-state index is 14.1. The Balaban J connectivity index is 1.30. The molecule has 6 nitrogen and oxygen atoms in total. The lowest BCUT2D eigenvalue weighted by Crippen LogP contribution is -2.35. The lowest BCUT2D eigenvalue weighted by atomic mass is 9.69. The van der Waals surface area contributed by atoms with Crippen LogP contribution in [-0.4, -0.2) is 48.2 Å². The summed E-state index contributed by atoms with van der Waals surface area (Å²) in [5, 5.41) is 9.63. The Bertz CT molecular complexity index is 1520. The van der Waals surface area contributed by atoms with Crippen molar-refractivity contribution in [3.8, 4) is 11.5 Å². The van der Waals surface area contributed by atoms with Gasteiger partial charge in [0, 0.05) is 13.0 Å². The van der Waals surface area contributed by atoms with Crippen molar-refractivity contribution in [1.29, 1.82) is 0 Å². The molecule has 1 aliphatic carbocycles. The van der Waals surface area contributed by atoms with E-state index in [2.05, 4.69) is 0 Å². The molecule has 3 aromatic rings. The Kier molecular flexibility index (Phi) is 7.45. The summed E-state index contributed by atoms with van der Waals surface area (Å²) in [7, 11) is 1.57. The quantitative estimate of drug-likeness (QED) is 0.214. The second-order valence-corrected chi connectivity index (χ2v) is 10.9. The molecule has 6 rings (SSSR count). The Morgan fingerprint density at radius 3 is 2.49 bits per heavy atom. The molecular formula is C34H32FNO5. The number of ether oxygens (including phenoxy) is 2. The van der Waals surface area contributed by atoms with Crippen LogP contribution >= 0.6 is 0 Å². The molecule has 41 heavy (non-hydrogen) atoms. The number of hydrogen-bond donors (Lipinski definition) is 1. The van der Waals surface area contributed by atoms with E-state index >= 15 is 0 Å². The van der Waals surface area contributed by atoms with Crippen molar-refractivity contribution in [1.82, 2.24) is 4.90 Å². The summed E-state index contributed by atoms with van der Waals surface area (Å²) in [4.78, 5) is 27.4. The lowest BCUT2D eigenvalue weighted by molar-refractivity contribution is -0.138. The average Bonchev–Trinajstić information content (AvgIpc) is 3.51. The zero-order chi connectivity index (χ0) is 28.5. The van der Waals surface area contributed by atoms with E-state index in [1.807, 2.05) is 66.7 Å². The molecule has 4 atom stereocenters. The number of carbonyl (C=O) groups excluding carboxylic acids is 2. The number of phenols is 1. The van der Waals surface area contributed by atoms with Crippen molar-refractivity contribution < 1.29 is 28.6 Å². The summed E-state index contributed by atoms with van der Waals surface area (Å²) < 4.78 is 26.6. The molecule has 210 valence electrons. The Morgan fingerprint density at radius 1 is 1.02 bits per heavy atom. The van der Waals surface area contributed by atoms with Gasteiger partial charge in [0.05, 0.1) is 24.5 Å². The van der Waals surface area contributed by atoms with E-state index < -0.39 is 11.7 Å². The summed E-state index contributed by atoms with van der Waals surface area (Å²) >= 11 is 0. The number of benzene rings is 3. The number of rotatable bonds is 8. The normalized spacial score (nSPS) is 24.0. The molecule has 3 aromatic carbocycles. The fraction of sp³-hybridized carbons (Fsp3) is 0.294. The predicted octanol–water partition coefficient (Wildman–Crippen LogP) is 5.88. The van der Waals surface area contributed by atoms with Gasteiger partial charge in [-0.05, 0) is 71.4 Å². The maximum Gasteiger partial charge on any atom is 0.233 e. The van der Waals surface area contributed by atoms with Gasteiger partial charge in [-0.25, -0.2) is 4.39 Å². The number of para-hydroxylation sites is 1. The summed E-state index contributed by atoms with van der Waals surface area (Å²) in [6.07, 6.45) is 3.47. The Morgan fingerprint density at radius 2 is 1.76 bits per heavy atom. The third-order valence-corrected chi connectivity index (χ3v) is 8.52. The molecule has 7 heteroatoms. The van der Waals surface area contributed by atoms with Gasteiger partial charge in [0.2, 0.25) is 11.8 Å². The van der Waals surface area contributed by atoms with Crippen molar-refractivity contribution in [2.75, 3.05) is 20.3 Å². The van der Waals surface area contributed by atoms with Crippen LogP contribution in [0.25, 0.3) is 11.6 Å². The van der Waals surface area contributed by atoms with Crippen LogP contribution in [0.3, 0.4) is 0 Å². The summed E-state index contributed by atoms with van der Waals surface area (Å²) in [6.45, 7) is 0.717. The molecule has 0 saturated carbocycles. The zero-order valence-corrected chi connectivity index (χ0v) is 22.8. The highest BCUT2D eigenvalue weighted by Crippen LogP contribution is 2.49. The standard InChI is InChI=1S/C34H32FNO5/c1-36-33(38)26-18-24(19-40-25-10-6-3-7-11-25)31-27(32(26)34(36)39)20-41-30(31)15-13-23(22-8-4-2-5-9-22)16-21-12-14-29(37)28(35)17-21/h2-12,14,16-17,26-27,30,32,37H,13,15,18-20H2,1H3/b23-16-/t26-,27+,30-,32-/m1/s1. The molecule has 2 aliphatic heterocycles. The summed E-state index contributed by atoms with van der Waals surface area (Å²) in [5.41, 5.74) is 4.79. The van der Waals surface area contributed by atoms with Gasteiger partial charge in [0.25, 0.3) is 0 Å². The van der Waals surface area contributed by atoms with E-state index in [9.17, 15) is 19.1 Å². The number of likely N-dealkylation sites (tertiary alicyclic amines) is 1. The van der Waals surface area contributed by atoms with Gasteiger partial charge in [-0.2, -0.15) is 0 Å². The molecule has 2 heterocycles. The molecule has 2 fully saturated rings. The number of halogens is 1. The van der Waals surface area contributed by atoms with E-state index in [1.165, 1.54) is 17.0 Å². The lowest BCUT2D eigenvalue weighted by Gasteiger charge is -2.32. The number of carbonyl (C=O) groups is 2. The van der Waals surface area contributed by atoms with Crippen LogP contribution < -0.4 is 4.74 Å². The molecule has 0 bridgehead atoms. The van der Waals surface area contributed by atoms with Crippen LogP contribution in [0.4, 0.5) is 4.39 Å². The van der Waals surface area contributed by atoms with Crippen LogP contribution in [0.5, 0.6) is 11.5 Å². The van der Waals surface area contributed by atoms with E-state index in [0.29, 0.717) is 38.0 Å². The number of imide groups is 1. The monoisotopic (exact) mass is 553 g/mol. The van der Waals surface area contributed by atoms with Crippen molar-refractivity contribution in [2.24, 2.45) is 17.8 Å². The molecule has 0 aromatic heterocycles. The van der Waals surface area contributed by atoms with Crippen molar-refractivity contribution in [2.45, 2.75) is 25.4 Å². The number of aromatic hydroxyl groups is 1. The van der Waals surface area contributed by atoms with Crippen LogP contribution in [0.15, 0.2) is 90.0 Å². The number of hydrogen-bond acceptors (Lipinski definition) is 5. The molecule has 0 radical (unpaired) electrons. The molecule has 2 amide bonds.